The molecule has 0 saturated heterocycles. The predicted octanol–water partition coefficient (Wildman–Crippen LogP) is 2.70. The molecule has 5 nitrogen and oxygen atoms in total. The highest BCUT2D eigenvalue weighted by Crippen LogP contribution is 2.22. The van der Waals surface area contributed by atoms with Crippen molar-refractivity contribution in [3.8, 4) is 0 Å². The van der Waals surface area contributed by atoms with Crippen molar-refractivity contribution in [3.63, 3.8) is 0 Å². The van der Waals surface area contributed by atoms with Gasteiger partial charge in [-0.2, -0.15) is 0 Å². The lowest BCUT2D eigenvalue weighted by Gasteiger charge is -2.21. The number of nitrogens with zero attached hydrogens (tertiary/aromatic N) is 2. The molecule has 0 aliphatic heterocycles. The van der Waals surface area contributed by atoms with Gasteiger partial charge in [-0.3, -0.25) is 4.79 Å². The van der Waals surface area contributed by atoms with Gasteiger partial charge < -0.3 is 15.8 Å². The number of nitrogens with two attached hydrogens (primary N) is 1. The first-order chi connectivity index (χ1) is 8.99. The Morgan fingerprint density at radius 3 is 2.79 bits per heavy atom. The van der Waals surface area contributed by atoms with Crippen LogP contribution in [0.5, 0.6) is 0 Å². The summed E-state index contributed by atoms with van der Waals surface area (Å²) in [5.74, 6) is -0.0294. The predicted molar refractivity (Wildman–Crippen MR) is 78.8 cm³/mol. The number of carbonyl (C=O) groups excluding carboxylic acids is 1. The van der Waals surface area contributed by atoms with Gasteiger partial charge in [0.15, 0.2) is 0 Å². The average molecular weight is 349 g/mol. The second kappa shape index (κ2) is 7.35. The summed E-state index contributed by atoms with van der Waals surface area (Å²) in [7, 11) is 0. The Morgan fingerprint density at radius 1 is 1.58 bits per heavy atom. The van der Waals surface area contributed by atoms with Crippen molar-refractivity contribution in [1.29, 1.82) is 0 Å². The van der Waals surface area contributed by atoms with Crippen LogP contribution in [-0.2, 0) is 0 Å². The van der Waals surface area contributed by atoms with Crippen LogP contribution in [0.25, 0.3) is 0 Å². The van der Waals surface area contributed by atoms with Crippen molar-refractivity contribution >= 4 is 39.3 Å². The summed E-state index contributed by atoms with van der Waals surface area (Å²) in [6, 6.07) is 5.00. The van der Waals surface area contributed by atoms with Crippen molar-refractivity contribution in [2.45, 2.75) is 13.3 Å². The van der Waals surface area contributed by atoms with Crippen LogP contribution in [0.3, 0.4) is 0 Å². The van der Waals surface area contributed by atoms with E-state index in [0.29, 0.717) is 34.6 Å². The van der Waals surface area contributed by atoms with Crippen molar-refractivity contribution in [3.05, 3.63) is 33.3 Å². The number of halogens is 2. The zero-order chi connectivity index (χ0) is 14.4. The topological polar surface area (TPSA) is 78.9 Å². The van der Waals surface area contributed by atoms with Gasteiger partial charge in [-0.05, 0) is 41.1 Å². The number of amides is 1. The summed E-state index contributed by atoms with van der Waals surface area (Å²) in [5.41, 5.74) is 5.93. The van der Waals surface area contributed by atoms with Gasteiger partial charge in [0.2, 0.25) is 0 Å². The van der Waals surface area contributed by atoms with Gasteiger partial charge in [-0.15, -0.1) is 0 Å². The molecule has 0 fully saturated rings. The number of amidine groups is 1. The van der Waals surface area contributed by atoms with Crippen molar-refractivity contribution in [1.82, 2.24) is 4.90 Å². The molecule has 104 valence electrons. The Balaban J connectivity index is 2.83. The minimum Gasteiger partial charge on any atom is -0.409 e. The molecule has 0 aliphatic carbocycles. The third kappa shape index (κ3) is 4.40. The van der Waals surface area contributed by atoms with Gasteiger partial charge in [0.05, 0.1) is 5.56 Å². The molecule has 0 atom stereocenters. The van der Waals surface area contributed by atoms with Crippen LogP contribution < -0.4 is 5.73 Å². The Kier molecular flexibility index (Phi) is 6.11. The van der Waals surface area contributed by atoms with E-state index < -0.39 is 0 Å². The largest absolute Gasteiger partial charge is 0.409 e. The molecular weight excluding hydrogens is 334 g/mol. The molecule has 1 aromatic rings. The molecular formula is C12H15BrClN3O2. The van der Waals surface area contributed by atoms with Gasteiger partial charge >= 0.3 is 0 Å². The summed E-state index contributed by atoms with van der Waals surface area (Å²) in [5, 5.41) is 11.9. The van der Waals surface area contributed by atoms with Crippen LogP contribution >= 0.6 is 27.5 Å². The Hall–Kier alpha value is -1.27. The normalized spacial score (nSPS) is 11.4. The molecule has 0 aromatic heterocycles. The molecule has 0 saturated carbocycles. The Morgan fingerprint density at radius 2 is 2.26 bits per heavy atom. The maximum Gasteiger partial charge on any atom is 0.255 e. The number of oxime groups is 1. The van der Waals surface area contributed by atoms with E-state index >= 15 is 0 Å². The molecule has 0 heterocycles. The van der Waals surface area contributed by atoms with Crippen LogP contribution in [0.2, 0.25) is 5.02 Å². The number of carbonyl (C=O) groups is 1. The number of hydrogen-bond acceptors (Lipinski definition) is 3. The Bertz CT molecular complexity index is 494. The van der Waals surface area contributed by atoms with Crippen LogP contribution in [0.4, 0.5) is 0 Å². The molecule has 19 heavy (non-hydrogen) atoms. The van der Waals surface area contributed by atoms with Crippen LogP contribution in [-0.4, -0.2) is 34.9 Å². The fourth-order valence-electron chi connectivity index (χ4n) is 1.54. The molecule has 1 amide bonds. The lowest BCUT2D eigenvalue weighted by Crippen LogP contribution is -2.34. The molecule has 3 N–H and O–H groups in total. The van der Waals surface area contributed by atoms with Crippen LogP contribution in [0, 0.1) is 0 Å². The molecule has 0 bridgehead atoms. The minimum atomic E-state index is -0.128. The summed E-state index contributed by atoms with van der Waals surface area (Å²) in [6.07, 6.45) is 0.321. The summed E-state index contributed by atoms with van der Waals surface area (Å²) in [4.78, 5) is 13.9. The van der Waals surface area contributed by atoms with E-state index in [2.05, 4.69) is 21.1 Å². The minimum absolute atomic E-state index is 0.0985. The maximum atomic E-state index is 12.3. The molecule has 1 rings (SSSR count). The zero-order valence-corrected chi connectivity index (χ0v) is 12.8. The van der Waals surface area contributed by atoms with E-state index in [4.69, 9.17) is 22.5 Å². The van der Waals surface area contributed by atoms with Gasteiger partial charge in [0.1, 0.15) is 5.84 Å². The zero-order valence-electron chi connectivity index (χ0n) is 10.4. The second-order valence-corrected chi connectivity index (χ2v) is 5.14. The van der Waals surface area contributed by atoms with E-state index in [-0.39, 0.29) is 11.7 Å². The molecule has 7 heteroatoms. The van der Waals surface area contributed by atoms with Gasteiger partial charge in [-0.25, -0.2) is 0 Å². The first-order valence-corrected chi connectivity index (χ1v) is 6.87. The highest BCUT2D eigenvalue weighted by atomic mass is 79.9. The standard InChI is InChI=1S/C12H15BrClN3O2/c1-2-17(6-5-11(15)16-19)12(18)9-4-3-8(14)7-10(9)13/h3-4,7,19H,2,5-6H2,1H3,(H2,15,16). The molecule has 0 aliphatic rings. The fourth-order valence-corrected chi connectivity index (χ4v) is 2.39. The fraction of sp³-hybridized carbons (Fsp3) is 0.333. The van der Waals surface area contributed by atoms with Crippen LogP contribution in [0.1, 0.15) is 23.7 Å². The molecule has 0 unspecified atom stereocenters. The van der Waals surface area contributed by atoms with E-state index in [1.54, 1.807) is 23.1 Å². The number of benzene rings is 1. The van der Waals surface area contributed by atoms with E-state index in [0.717, 1.165) is 0 Å². The van der Waals surface area contributed by atoms with Crippen molar-refractivity contribution in [2.75, 3.05) is 13.1 Å². The lowest BCUT2D eigenvalue weighted by atomic mass is 10.2. The van der Waals surface area contributed by atoms with Crippen molar-refractivity contribution in [2.24, 2.45) is 10.9 Å². The second-order valence-electron chi connectivity index (χ2n) is 3.85. The SMILES string of the molecule is CCN(CC/C(N)=N/O)C(=O)c1ccc(Cl)cc1Br. The third-order valence-corrected chi connectivity index (χ3v) is 3.49. The van der Waals surface area contributed by atoms with E-state index in [9.17, 15) is 4.79 Å². The summed E-state index contributed by atoms with van der Waals surface area (Å²) >= 11 is 9.16. The Labute approximate surface area is 125 Å². The smallest absolute Gasteiger partial charge is 0.255 e. The number of hydrogen-bond donors (Lipinski definition) is 2. The summed E-state index contributed by atoms with van der Waals surface area (Å²) < 4.78 is 0.646. The first-order valence-electron chi connectivity index (χ1n) is 5.70. The molecule has 0 spiro atoms. The third-order valence-electron chi connectivity index (χ3n) is 2.60. The highest BCUT2D eigenvalue weighted by Gasteiger charge is 2.17. The highest BCUT2D eigenvalue weighted by molar-refractivity contribution is 9.10. The van der Waals surface area contributed by atoms with Gasteiger partial charge in [-0.1, -0.05) is 16.8 Å². The monoisotopic (exact) mass is 347 g/mol. The quantitative estimate of drug-likeness (QED) is 0.372. The molecule has 0 radical (unpaired) electrons. The first kappa shape index (κ1) is 15.8. The van der Waals surface area contributed by atoms with Gasteiger partial charge in [0.25, 0.3) is 5.91 Å². The van der Waals surface area contributed by atoms with Gasteiger partial charge in [0, 0.05) is 29.0 Å². The number of rotatable bonds is 5. The van der Waals surface area contributed by atoms with Crippen LogP contribution in [0.15, 0.2) is 27.8 Å². The van der Waals surface area contributed by atoms with E-state index in [1.807, 2.05) is 6.92 Å². The maximum absolute atomic E-state index is 12.3. The van der Waals surface area contributed by atoms with E-state index in [1.165, 1.54) is 0 Å². The molecule has 1 aromatic carbocycles. The summed E-state index contributed by atoms with van der Waals surface area (Å²) in [6.45, 7) is 2.79. The average Bonchev–Trinajstić information content (AvgIpc) is 2.38. The lowest BCUT2D eigenvalue weighted by molar-refractivity contribution is 0.0767. The van der Waals surface area contributed by atoms with Crippen molar-refractivity contribution < 1.29 is 10.0 Å².